The second-order valence-electron chi connectivity index (χ2n) is 11.4. The number of hydrogen-bond acceptors (Lipinski definition) is 11. The van der Waals surface area contributed by atoms with Crippen molar-refractivity contribution < 1.29 is 38.1 Å². The molecular weight excluding hydrogens is 654 g/mol. The number of aromatic nitrogens is 4. The molecule has 0 aliphatic carbocycles. The van der Waals surface area contributed by atoms with Crippen LogP contribution in [0.2, 0.25) is 0 Å². The van der Waals surface area contributed by atoms with Crippen molar-refractivity contribution in [3.8, 4) is 0 Å². The van der Waals surface area contributed by atoms with Crippen LogP contribution in [0.1, 0.15) is 47.7 Å². The minimum atomic E-state index is -1.40. The van der Waals surface area contributed by atoms with Crippen LogP contribution in [0.3, 0.4) is 0 Å². The van der Waals surface area contributed by atoms with Gasteiger partial charge in [0.2, 0.25) is 0 Å². The Labute approximate surface area is 290 Å². The minimum Gasteiger partial charge on any atom is -0.452 e. The zero-order valence-corrected chi connectivity index (χ0v) is 26.8. The molecule has 51 heavy (non-hydrogen) atoms. The molecule has 1 saturated heterocycles. The van der Waals surface area contributed by atoms with Crippen molar-refractivity contribution in [2.45, 2.75) is 24.5 Å². The lowest BCUT2D eigenvalue weighted by Crippen LogP contribution is -2.55. The van der Waals surface area contributed by atoms with E-state index >= 15 is 0 Å². The van der Waals surface area contributed by atoms with E-state index in [1.165, 1.54) is 17.2 Å². The van der Waals surface area contributed by atoms with Crippen molar-refractivity contribution in [3.63, 3.8) is 0 Å². The smallest absolute Gasteiger partial charge is 0.338 e. The summed E-state index contributed by atoms with van der Waals surface area (Å²) in [6, 6.07) is 33.4. The van der Waals surface area contributed by atoms with E-state index in [4.69, 9.17) is 18.9 Å². The molecule has 13 nitrogen and oxygen atoms in total. The lowest BCUT2D eigenvalue weighted by molar-refractivity contribution is -0.211. The summed E-state index contributed by atoms with van der Waals surface area (Å²) < 4.78 is 25.8. The third-order valence-corrected chi connectivity index (χ3v) is 8.08. The van der Waals surface area contributed by atoms with Crippen LogP contribution in [0.25, 0.3) is 11.2 Å². The van der Waals surface area contributed by atoms with E-state index in [-0.39, 0.29) is 40.3 Å². The first kappa shape index (κ1) is 32.8. The van der Waals surface area contributed by atoms with Gasteiger partial charge in [-0.3, -0.25) is 9.36 Å². The quantitative estimate of drug-likeness (QED) is 0.156. The first-order chi connectivity index (χ1) is 25.0. The van der Waals surface area contributed by atoms with Crippen LogP contribution in [0, 0.1) is 0 Å². The molecule has 7 rings (SSSR count). The fourth-order valence-electron chi connectivity index (χ4n) is 5.58. The number of nitrogens with zero attached hydrogens (tertiary/aromatic N) is 4. The summed E-state index contributed by atoms with van der Waals surface area (Å²) in [4.78, 5) is 66.5. The first-order valence-electron chi connectivity index (χ1n) is 15.9. The predicted octanol–water partition coefficient (Wildman–Crippen LogP) is 5.28. The van der Waals surface area contributed by atoms with Gasteiger partial charge in [0.05, 0.1) is 29.6 Å². The Balaban J connectivity index is 1.27. The monoisotopic (exact) mass is 683 g/mol. The number of anilines is 1. The Kier molecular flexibility index (Phi) is 9.52. The molecule has 0 spiro atoms. The zero-order chi connectivity index (χ0) is 35.2. The van der Waals surface area contributed by atoms with Crippen LogP contribution in [0.4, 0.5) is 5.82 Å². The number of rotatable bonds is 9. The summed E-state index contributed by atoms with van der Waals surface area (Å²) in [7, 11) is 0. The first-order valence-corrected chi connectivity index (χ1v) is 15.9. The van der Waals surface area contributed by atoms with Crippen molar-refractivity contribution in [1.29, 1.82) is 0 Å². The summed E-state index contributed by atoms with van der Waals surface area (Å²) in [5, 5.41) is 2.76. The molecule has 1 amide bonds. The highest BCUT2D eigenvalue weighted by molar-refractivity contribution is 6.06. The van der Waals surface area contributed by atoms with E-state index in [1.807, 2.05) is 0 Å². The average molecular weight is 684 g/mol. The topological polar surface area (TPSA) is 161 Å². The number of fused-ring (bicyclic) bond motifs is 1. The molecule has 1 aliphatic heterocycles. The van der Waals surface area contributed by atoms with Gasteiger partial charge in [-0.05, 0) is 48.5 Å². The van der Waals surface area contributed by atoms with E-state index in [0.29, 0.717) is 5.56 Å². The van der Waals surface area contributed by atoms with Crippen LogP contribution in [-0.4, -0.2) is 68.3 Å². The number of carbonyl (C=O) groups is 4. The molecule has 1 N–H and O–H groups in total. The third-order valence-electron chi connectivity index (χ3n) is 8.08. The largest absolute Gasteiger partial charge is 0.452 e. The van der Waals surface area contributed by atoms with E-state index in [9.17, 15) is 19.2 Å². The van der Waals surface area contributed by atoms with Crippen molar-refractivity contribution in [1.82, 2.24) is 19.5 Å². The molecule has 254 valence electrons. The van der Waals surface area contributed by atoms with Gasteiger partial charge in [0.25, 0.3) is 5.91 Å². The van der Waals surface area contributed by atoms with Crippen molar-refractivity contribution in [3.05, 3.63) is 156 Å². The predicted molar refractivity (Wildman–Crippen MR) is 182 cm³/mol. The maximum Gasteiger partial charge on any atom is 0.338 e. The normalized spacial score (nSPS) is 18.4. The summed E-state index contributed by atoms with van der Waals surface area (Å²) in [6.07, 6.45) is -2.55. The second-order valence-corrected chi connectivity index (χ2v) is 11.4. The Hall–Kier alpha value is -6.73. The highest BCUT2D eigenvalue weighted by Gasteiger charge is 2.49. The highest BCUT2D eigenvalue weighted by atomic mass is 16.6. The molecule has 2 aromatic heterocycles. The highest BCUT2D eigenvalue weighted by Crippen LogP contribution is 2.34. The molecule has 1 aliphatic rings. The maximum atomic E-state index is 13.6. The third kappa shape index (κ3) is 7.19. The molecule has 3 heterocycles. The lowest BCUT2D eigenvalue weighted by atomic mass is 10.0. The molecule has 4 atom stereocenters. The molecule has 0 saturated carbocycles. The van der Waals surface area contributed by atoms with E-state index in [0.717, 1.165) is 0 Å². The van der Waals surface area contributed by atoms with Crippen LogP contribution in [0.15, 0.2) is 134 Å². The van der Waals surface area contributed by atoms with Crippen molar-refractivity contribution >= 4 is 40.8 Å². The number of hydrogen-bond donors (Lipinski definition) is 1. The molecule has 6 aromatic rings. The number of ether oxygens (including phenoxy) is 4. The fourth-order valence-corrected chi connectivity index (χ4v) is 5.58. The fraction of sp³-hybridized carbons (Fsp3) is 0.132. The van der Waals surface area contributed by atoms with Gasteiger partial charge in [-0.1, -0.05) is 72.8 Å². The van der Waals surface area contributed by atoms with Gasteiger partial charge in [-0.2, -0.15) is 0 Å². The minimum absolute atomic E-state index is 0.128. The van der Waals surface area contributed by atoms with Gasteiger partial charge in [-0.25, -0.2) is 29.3 Å². The number of esters is 3. The Bertz CT molecular complexity index is 2160. The van der Waals surface area contributed by atoms with Crippen LogP contribution >= 0.6 is 0 Å². The van der Waals surface area contributed by atoms with Gasteiger partial charge < -0.3 is 24.3 Å². The Morgan fingerprint density at radius 2 is 1.10 bits per heavy atom. The summed E-state index contributed by atoms with van der Waals surface area (Å²) >= 11 is 0. The van der Waals surface area contributed by atoms with Gasteiger partial charge in [0.15, 0.2) is 41.5 Å². The Morgan fingerprint density at radius 3 is 1.65 bits per heavy atom. The van der Waals surface area contributed by atoms with Crippen LogP contribution < -0.4 is 5.32 Å². The van der Waals surface area contributed by atoms with Gasteiger partial charge >= 0.3 is 17.9 Å². The molecule has 0 unspecified atom stereocenters. The van der Waals surface area contributed by atoms with Crippen LogP contribution in [0.5, 0.6) is 0 Å². The van der Waals surface area contributed by atoms with E-state index in [2.05, 4.69) is 20.3 Å². The summed E-state index contributed by atoms with van der Waals surface area (Å²) in [6.45, 7) is -0.266. The number of carbonyl (C=O) groups excluding carboxylic acids is 4. The van der Waals surface area contributed by atoms with E-state index in [1.54, 1.807) is 121 Å². The number of imidazole rings is 1. The zero-order valence-electron chi connectivity index (χ0n) is 26.8. The maximum absolute atomic E-state index is 13.6. The molecule has 0 radical (unpaired) electrons. The lowest BCUT2D eigenvalue weighted by Gasteiger charge is -2.41. The van der Waals surface area contributed by atoms with Crippen LogP contribution in [-0.2, 0) is 18.9 Å². The number of benzene rings is 4. The number of nitrogens with one attached hydrogen (secondary N) is 1. The SMILES string of the molecule is O=C(Nc1ncnc2c1ncn2[C@@H]1OC[C@H](OC(=O)c2ccccc2)[C@@H](OC(=O)c2ccccc2)[C@H]1OC(=O)c1ccccc1)c1ccccc1. The molecule has 0 bridgehead atoms. The number of amides is 1. The molecule has 4 aromatic carbocycles. The van der Waals surface area contributed by atoms with E-state index < -0.39 is 48.4 Å². The van der Waals surface area contributed by atoms with Gasteiger partial charge in [0.1, 0.15) is 6.33 Å². The molecule has 1 fully saturated rings. The Morgan fingerprint density at radius 1 is 0.608 bits per heavy atom. The summed E-state index contributed by atoms with van der Waals surface area (Å²) in [5.41, 5.74) is 1.54. The average Bonchev–Trinajstić information content (AvgIpc) is 3.62. The second kappa shape index (κ2) is 14.8. The molecule has 13 heteroatoms. The van der Waals surface area contributed by atoms with Gasteiger partial charge in [-0.15, -0.1) is 0 Å². The standard InChI is InChI=1S/C38H29N5O8/c44-34(24-13-5-1-6-14-24)42-32-29-33(40-22-39-32)43(23-41-29)35-31(51-38(47)27-19-11-4-12-20-27)30(50-37(46)26-17-9-3-10-18-26)28(21-48-35)49-36(45)25-15-7-2-8-16-25/h1-20,22-23,28,30-31,35H,21H2,(H,39,40,42,44)/t28-,30+,31+,35+/m0/s1. The molecular formula is C38H29N5O8. The van der Waals surface area contributed by atoms with Gasteiger partial charge in [0, 0.05) is 5.56 Å². The van der Waals surface area contributed by atoms with Crippen molar-refractivity contribution in [2.24, 2.45) is 0 Å². The summed E-state index contributed by atoms with van der Waals surface area (Å²) in [5.74, 6) is -2.48. The van der Waals surface area contributed by atoms with Crippen molar-refractivity contribution in [2.75, 3.05) is 11.9 Å².